The van der Waals surface area contributed by atoms with Crippen LogP contribution in [0.4, 0.5) is 11.5 Å². The fourth-order valence-electron chi connectivity index (χ4n) is 1.06. The van der Waals surface area contributed by atoms with E-state index in [-0.39, 0.29) is 0 Å². The molecule has 0 amide bonds. The summed E-state index contributed by atoms with van der Waals surface area (Å²) in [4.78, 5) is 2.15. The molecule has 0 fully saturated rings. The van der Waals surface area contributed by atoms with Gasteiger partial charge in [-0.25, -0.2) is 0 Å². The number of aromatic nitrogens is 2. The molecule has 0 aliphatic rings. The van der Waals surface area contributed by atoms with Gasteiger partial charge in [-0.2, -0.15) is 5.10 Å². The molecule has 5 nitrogen and oxygen atoms in total. The van der Waals surface area contributed by atoms with E-state index in [1.165, 1.54) is 0 Å². The van der Waals surface area contributed by atoms with Gasteiger partial charge in [0.1, 0.15) is 5.82 Å². The van der Waals surface area contributed by atoms with Gasteiger partial charge in [0.05, 0.1) is 11.9 Å². The normalized spacial score (nSPS) is 10.7. The van der Waals surface area contributed by atoms with Gasteiger partial charge in [-0.3, -0.25) is 5.10 Å². The molecule has 0 aliphatic carbocycles. The second kappa shape index (κ2) is 4.71. The Kier molecular flexibility index (Phi) is 3.57. The minimum atomic E-state index is 0.602. The predicted octanol–water partition coefficient (Wildman–Crippen LogP) is 0.356. The standard InChI is InChI=1S/C8H17N5/c1-13(2)5-3-4-10-7-6-11-12-8(7)9/h6,10H,3-5H2,1-2H3,(H3,9,11,12). The molecular formula is C8H17N5. The van der Waals surface area contributed by atoms with Crippen molar-refractivity contribution in [2.45, 2.75) is 6.42 Å². The van der Waals surface area contributed by atoms with Crippen molar-refractivity contribution in [3.05, 3.63) is 6.20 Å². The number of rotatable bonds is 5. The molecule has 74 valence electrons. The van der Waals surface area contributed by atoms with Crippen molar-refractivity contribution in [1.82, 2.24) is 15.1 Å². The van der Waals surface area contributed by atoms with Crippen molar-refractivity contribution in [2.75, 3.05) is 38.2 Å². The Morgan fingerprint density at radius 1 is 1.62 bits per heavy atom. The molecule has 4 N–H and O–H groups in total. The van der Waals surface area contributed by atoms with Crippen LogP contribution in [0.25, 0.3) is 0 Å². The lowest BCUT2D eigenvalue weighted by Crippen LogP contribution is -2.16. The van der Waals surface area contributed by atoms with Crippen LogP contribution in [0.15, 0.2) is 6.20 Å². The molecule has 1 aromatic heterocycles. The second-order valence-electron chi connectivity index (χ2n) is 3.28. The lowest BCUT2D eigenvalue weighted by molar-refractivity contribution is 0.405. The van der Waals surface area contributed by atoms with E-state index >= 15 is 0 Å². The summed E-state index contributed by atoms with van der Waals surface area (Å²) < 4.78 is 0. The summed E-state index contributed by atoms with van der Waals surface area (Å²) in [6, 6.07) is 0. The molecule has 1 heterocycles. The molecule has 1 rings (SSSR count). The SMILES string of the molecule is CN(C)CCCNc1cn[nH]c1N. The number of nitrogen functional groups attached to an aromatic ring is 1. The monoisotopic (exact) mass is 183 g/mol. The number of H-pyrrole nitrogens is 1. The van der Waals surface area contributed by atoms with Crippen LogP contribution in [0.5, 0.6) is 0 Å². The number of hydrogen-bond donors (Lipinski definition) is 3. The summed E-state index contributed by atoms with van der Waals surface area (Å²) in [5.74, 6) is 0.602. The van der Waals surface area contributed by atoms with Crippen molar-refractivity contribution in [2.24, 2.45) is 0 Å². The molecule has 0 spiro atoms. The lowest BCUT2D eigenvalue weighted by Gasteiger charge is -2.09. The summed E-state index contributed by atoms with van der Waals surface area (Å²) in [5.41, 5.74) is 6.48. The van der Waals surface area contributed by atoms with Gasteiger partial charge in [-0.1, -0.05) is 0 Å². The van der Waals surface area contributed by atoms with Crippen LogP contribution >= 0.6 is 0 Å². The Morgan fingerprint density at radius 2 is 2.38 bits per heavy atom. The Bertz CT molecular complexity index is 242. The summed E-state index contributed by atoms with van der Waals surface area (Å²) >= 11 is 0. The first-order chi connectivity index (χ1) is 6.20. The Labute approximate surface area is 78.3 Å². The number of nitrogens with one attached hydrogen (secondary N) is 2. The van der Waals surface area contributed by atoms with E-state index < -0.39 is 0 Å². The topological polar surface area (TPSA) is 70.0 Å². The maximum absolute atomic E-state index is 5.59. The molecule has 1 aromatic rings. The molecule has 0 saturated carbocycles. The van der Waals surface area contributed by atoms with Crippen molar-refractivity contribution < 1.29 is 0 Å². The molecule has 5 heteroatoms. The van der Waals surface area contributed by atoms with Crippen LogP contribution in [0.3, 0.4) is 0 Å². The minimum Gasteiger partial charge on any atom is -0.382 e. The fourth-order valence-corrected chi connectivity index (χ4v) is 1.06. The number of aromatic amines is 1. The average Bonchev–Trinajstić information content (AvgIpc) is 2.45. The maximum Gasteiger partial charge on any atom is 0.142 e. The van der Waals surface area contributed by atoms with Gasteiger partial charge < -0.3 is 16.0 Å². The van der Waals surface area contributed by atoms with Crippen LogP contribution < -0.4 is 11.1 Å². The zero-order chi connectivity index (χ0) is 9.68. The van der Waals surface area contributed by atoms with Crippen molar-refractivity contribution >= 4 is 11.5 Å². The van der Waals surface area contributed by atoms with E-state index in [0.717, 1.165) is 25.2 Å². The maximum atomic E-state index is 5.59. The first-order valence-electron chi connectivity index (χ1n) is 4.37. The molecule has 0 saturated heterocycles. The van der Waals surface area contributed by atoms with E-state index in [1.54, 1.807) is 6.20 Å². The average molecular weight is 183 g/mol. The number of hydrogen-bond acceptors (Lipinski definition) is 4. The van der Waals surface area contributed by atoms with Crippen LogP contribution in [-0.4, -0.2) is 42.3 Å². The summed E-state index contributed by atoms with van der Waals surface area (Å²) in [6.45, 7) is 1.99. The van der Waals surface area contributed by atoms with E-state index in [9.17, 15) is 0 Å². The van der Waals surface area contributed by atoms with Crippen LogP contribution in [0.1, 0.15) is 6.42 Å². The van der Waals surface area contributed by atoms with Gasteiger partial charge in [-0.15, -0.1) is 0 Å². The van der Waals surface area contributed by atoms with Crippen molar-refractivity contribution in [3.63, 3.8) is 0 Å². The summed E-state index contributed by atoms with van der Waals surface area (Å²) in [5, 5.41) is 9.69. The first-order valence-corrected chi connectivity index (χ1v) is 4.37. The smallest absolute Gasteiger partial charge is 0.142 e. The molecule has 0 aliphatic heterocycles. The van der Waals surface area contributed by atoms with E-state index in [0.29, 0.717) is 5.82 Å². The summed E-state index contributed by atoms with van der Waals surface area (Å²) in [7, 11) is 4.12. The number of nitrogens with two attached hydrogens (primary N) is 1. The van der Waals surface area contributed by atoms with Crippen LogP contribution in [-0.2, 0) is 0 Å². The Balaban J connectivity index is 2.17. The molecule has 0 bridgehead atoms. The van der Waals surface area contributed by atoms with Gasteiger partial charge in [0.25, 0.3) is 0 Å². The van der Waals surface area contributed by atoms with Gasteiger partial charge in [-0.05, 0) is 27.1 Å². The van der Waals surface area contributed by atoms with Gasteiger partial charge >= 0.3 is 0 Å². The van der Waals surface area contributed by atoms with Gasteiger partial charge in [0, 0.05) is 6.54 Å². The van der Waals surface area contributed by atoms with E-state index in [1.807, 2.05) is 0 Å². The van der Waals surface area contributed by atoms with E-state index in [2.05, 4.69) is 34.5 Å². The quantitative estimate of drug-likeness (QED) is 0.576. The second-order valence-corrected chi connectivity index (χ2v) is 3.28. The van der Waals surface area contributed by atoms with E-state index in [4.69, 9.17) is 5.73 Å². The number of anilines is 2. The zero-order valence-electron chi connectivity index (χ0n) is 8.17. The summed E-state index contributed by atoms with van der Waals surface area (Å²) in [6.07, 6.45) is 2.79. The predicted molar refractivity (Wildman–Crippen MR) is 54.7 cm³/mol. The Morgan fingerprint density at radius 3 is 2.92 bits per heavy atom. The molecule has 0 aromatic carbocycles. The first kappa shape index (κ1) is 9.85. The van der Waals surface area contributed by atoms with Crippen molar-refractivity contribution in [1.29, 1.82) is 0 Å². The molecular weight excluding hydrogens is 166 g/mol. The largest absolute Gasteiger partial charge is 0.382 e. The zero-order valence-corrected chi connectivity index (χ0v) is 8.17. The minimum absolute atomic E-state index is 0.602. The molecule has 0 unspecified atom stereocenters. The van der Waals surface area contributed by atoms with Crippen LogP contribution in [0.2, 0.25) is 0 Å². The van der Waals surface area contributed by atoms with Crippen molar-refractivity contribution in [3.8, 4) is 0 Å². The molecule has 0 atom stereocenters. The highest BCUT2D eigenvalue weighted by molar-refractivity contribution is 5.59. The highest BCUT2D eigenvalue weighted by Gasteiger charge is 1.98. The number of nitrogens with zero attached hydrogens (tertiary/aromatic N) is 2. The third kappa shape index (κ3) is 3.33. The van der Waals surface area contributed by atoms with Crippen LogP contribution in [0, 0.1) is 0 Å². The third-order valence-corrected chi connectivity index (χ3v) is 1.77. The highest BCUT2D eigenvalue weighted by Crippen LogP contribution is 2.12. The molecule has 13 heavy (non-hydrogen) atoms. The lowest BCUT2D eigenvalue weighted by atomic mass is 10.4. The highest BCUT2D eigenvalue weighted by atomic mass is 15.2. The third-order valence-electron chi connectivity index (χ3n) is 1.77. The van der Waals surface area contributed by atoms with Gasteiger partial charge in [0.15, 0.2) is 0 Å². The fraction of sp³-hybridized carbons (Fsp3) is 0.625. The molecule has 0 radical (unpaired) electrons. The Hall–Kier alpha value is -1.23. The van der Waals surface area contributed by atoms with Gasteiger partial charge in [0.2, 0.25) is 0 Å².